The van der Waals surface area contributed by atoms with Gasteiger partial charge in [0.05, 0.1) is 0 Å². The molecule has 0 rings (SSSR count). The van der Waals surface area contributed by atoms with Gasteiger partial charge in [-0.1, -0.05) is 22.6 Å². The van der Waals surface area contributed by atoms with Crippen LogP contribution in [0.2, 0.25) is 0 Å². The van der Waals surface area contributed by atoms with Gasteiger partial charge in [-0.2, -0.15) is 39.5 Å². The number of hydrogen-bond acceptors (Lipinski definition) is 0. The maximum Gasteiger partial charge on any atom is 0.460 e. The highest BCUT2D eigenvalue weighted by atomic mass is 127. The first-order valence-electron chi connectivity index (χ1n) is 3.29. The zero-order valence-corrected chi connectivity index (χ0v) is 9.09. The fourth-order valence-corrected chi connectivity index (χ4v) is 1.02. The summed E-state index contributed by atoms with van der Waals surface area (Å²) in [6, 6.07) is 0. The third kappa shape index (κ3) is 2.40. The maximum atomic E-state index is 12.4. The molecule has 0 N–H and O–H groups in total. The van der Waals surface area contributed by atoms with Crippen LogP contribution in [0.5, 0.6) is 0 Å². The van der Waals surface area contributed by atoms with Crippen LogP contribution in [-0.4, -0.2) is 23.9 Å². The highest BCUT2D eigenvalue weighted by molar-refractivity contribution is 14.1. The summed E-state index contributed by atoms with van der Waals surface area (Å²) >= 11 is 0.982. The molecule has 0 saturated carbocycles. The van der Waals surface area contributed by atoms with Crippen molar-refractivity contribution in [2.45, 2.75) is 23.9 Å². The van der Waals surface area contributed by atoms with Gasteiger partial charge in [0, 0.05) is 0 Å². The molecule has 0 aromatic carbocycles. The lowest BCUT2D eigenvalue weighted by atomic mass is 10.0. The number of halogens is 10. The van der Waals surface area contributed by atoms with E-state index in [1.165, 1.54) is 0 Å². The lowest BCUT2D eigenvalue weighted by molar-refractivity contribution is -0.388. The Morgan fingerprint density at radius 2 is 1.06 bits per heavy atom. The van der Waals surface area contributed by atoms with Crippen molar-refractivity contribution in [3.8, 4) is 0 Å². The molecule has 0 atom stereocenters. The Kier molecular flexibility index (Phi) is 4.21. The van der Waals surface area contributed by atoms with E-state index >= 15 is 0 Å². The number of alkyl halides is 9. The van der Waals surface area contributed by atoms with Gasteiger partial charge in [0.2, 0.25) is 0 Å². The molecule has 0 heterocycles. The molecule has 0 aromatic heterocycles. The zero-order valence-electron chi connectivity index (χ0n) is 6.93. The van der Waals surface area contributed by atoms with Gasteiger partial charge in [-0.15, -0.1) is 0 Å². The van der Waals surface area contributed by atoms with Gasteiger partial charge < -0.3 is 0 Å². The molecule has 0 saturated heterocycles. The van der Waals surface area contributed by atoms with Crippen molar-refractivity contribution < 1.29 is 39.5 Å². The molecule has 0 bridgehead atoms. The molecule has 0 aliphatic carbocycles. The third-order valence-corrected chi connectivity index (χ3v) is 1.80. The van der Waals surface area contributed by atoms with Gasteiger partial charge in [-0.25, -0.2) is 0 Å². The first-order valence-corrected chi connectivity index (χ1v) is 4.54. The Hall–Kier alpha value is -0.160. The van der Waals surface area contributed by atoms with Crippen molar-refractivity contribution in [1.29, 1.82) is 0 Å². The van der Waals surface area contributed by atoms with Crippen molar-refractivity contribution >= 4 is 22.6 Å². The Morgan fingerprint density at radius 3 is 1.31 bits per heavy atom. The SMILES string of the molecule is FC(F)(F)C(F)(F)C(F)(F)C(F)(F)C=CI. The maximum absolute atomic E-state index is 12.4. The molecule has 96 valence electrons. The summed E-state index contributed by atoms with van der Waals surface area (Å²) in [5, 5.41) is 0. The third-order valence-electron chi connectivity index (χ3n) is 1.44. The number of hydrogen-bond donors (Lipinski definition) is 0. The topological polar surface area (TPSA) is 0 Å². The Bertz CT molecular complexity index is 276. The summed E-state index contributed by atoms with van der Waals surface area (Å²) in [6.45, 7) is 0. The second kappa shape index (κ2) is 4.26. The molecule has 0 spiro atoms. The summed E-state index contributed by atoms with van der Waals surface area (Å²) in [5.41, 5.74) is 0. The van der Waals surface area contributed by atoms with E-state index in [-0.39, 0.29) is 4.08 Å². The van der Waals surface area contributed by atoms with Crippen LogP contribution in [0.15, 0.2) is 10.2 Å². The summed E-state index contributed by atoms with van der Waals surface area (Å²) in [5.74, 6) is -19.0. The molecule has 0 unspecified atom stereocenters. The highest BCUT2D eigenvalue weighted by Gasteiger charge is 2.81. The largest absolute Gasteiger partial charge is 0.460 e. The van der Waals surface area contributed by atoms with Gasteiger partial charge >= 0.3 is 23.9 Å². The number of rotatable bonds is 3. The standard InChI is InChI=1S/C6H2F9I/c7-3(8,1-2-16)4(9,10)5(11,12)6(13,14)15/h1-2H. The van der Waals surface area contributed by atoms with E-state index in [2.05, 4.69) is 0 Å². The van der Waals surface area contributed by atoms with E-state index < -0.39 is 30.0 Å². The fraction of sp³-hybridized carbons (Fsp3) is 0.667. The van der Waals surface area contributed by atoms with Crippen LogP contribution >= 0.6 is 22.6 Å². The quantitative estimate of drug-likeness (QED) is 0.509. The van der Waals surface area contributed by atoms with E-state index in [1.54, 1.807) is 0 Å². The molecule has 0 fully saturated rings. The van der Waals surface area contributed by atoms with Crippen LogP contribution in [-0.2, 0) is 0 Å². The van der Waals surface area contributed by atoms with E-state index in [9.17, 15) is 39.5 Å². The lowest BCUT2D eigenvalue weighted by Crippen LogP contribution is -2.60. The molecule has 10 heteroatoms. The van der Waals surface area contributed by atoms with Gasteiger partial charge in [-0.3, -0.25) is 0 Å². The molecular formula is C6H2F9I. The van der Waals surface area contributed by atoms with E-state index in [4.69, 9.17) is 0 Å². The first-order chi connectivity index (χ1) is 6.81. The summed E-state index contributed by atoms with van der Waals surface area (Å²) in [6.07, 6.45) is -7.49. The highest BCUT2D eigenvalue weighted by Crippen LogP contribution is 2.53. The van der Waals surface area contributed by atoms with Crippen molar-refractivity contribution in [3.63, 3.8) is 0 Å². The molecule has 0 aliphatic rings. The van der Waals surface area contributed by atoms with Gasteiger partial charge in [0.15, 0.2) is 0 Å². The van der Waals surface area contributed by atoms with Gasteiger partial charge in [0.25, 0.3) is 0 Å². The second-order valence-corrected chi connectivity index (χ2v) is 3.28. The normalized spacial score (nSPS) is 15.9. The van der Waals surface area contributed by atoms with Crippen molar-refractivity contribution in [3.05, 3.63) is 10.2 Å². The van der Waals surface area contributed by atoms with E-state index in [0.29, 0.717) is 0 Å². The molecule has 0 radical (unpaired) electrons. The molecule has 0 aromatic rings. The molecule has 0 nitrogen and oxygen atoms in total. The fourth-order valence-electron chi connectivity index (χ4n) is 0.571. The van der Waals surface area contributed by atoms with Gasteiger partial charge in [0.1, 0.15) is 0 Å². The lowest BCUT2D eigenvalue weighted by Gasteiger charge is -2.32. The van der Waals surface area contributed by atoms with Crippen molar-refractivity contribution in [2.24, 2.45) is 0 Å². The van der Waals surface area contributed by atoms with Crippen molar-refractivity contribution in [2.75, 3.05) is 0 Å². The molecular weight excluding hydrogens is 370 g/mol. The van der Waals surface area contributed by atoms with E-state index in [1.807, 2.05) is 0 Å². The minimum absolute atomic E-state index is 0.220. The predicted molar refractivity (Wildman–Crippen MR) is 44.1 cm³/mol. The Balaban J connectivity index is 5.52. The molecule has 0 aliphatic heterocycles. The molecule has 0 amide bonds. The average molecular weight is 372 g/mol. The zero-order chi connectivity index (χ0) is 13.4. The Morgan fingerprint density at radius 1 is 0.688 bits per heavy atom. The number of allylic oxidation sites excluding steroid dienone is 1. The first kappa shape index (κ1) is 15.8. The monoisotopic (exact) mass is 372 g/mol. The Labute approximate surface area is 96.6 Å². The van der Waals surface area contributed by atoms with Crippen LogP contribution < -0.4 is 0 Å². The summed E-state index contributed by atoms with van der Waals surface area (Å²) in [4.78, 5) is 0. The minimum atomic E-state index is -6.82. The summed E-state index contributed by atoms with van der Waals surface area (Å²) < 4.78 is 109. The van der Waals surface area contributed by atoms with Crippen LogP contribution in [0.25, 0.3) is 0 Å². The van der Waals surface area contributed by atoms with Gasteiger partial charge in [-0.05, 0) is 10.2 Å². The van der Waals surface area contributed by atoms with Crippen LogP contribution in [0, 0.1) is 0 Å². The predicted octanol–water partition coefficient (Wildman–Crippen LogP) is 4.40. The summed E-state index contributed by atoms with van der Waals surface area (Å²) in [7, 11) is 0. The average Bonchev–Trinajstić information content (AvgIpc) is 2.01. The molecule has 16 heavy (non-hydrogen) atoms. The van der Waals surface area contributed by atoms with Crippen LogP contribution in [0.3, 0.4) is 0 Å². The van der Waals surface area contributed by atoms with Crippen LogP contribution in [0.1, 0.15) is 0 Å². The minimum Gasteiger partial charge on any atom is -0.195 e. The smallest absolute Gasteiger partial charge is 0.195 e. The van der Waals surface area contributed by atoms with Crippen LogP contribution in [0.4, 0.5) is 39.5 Å². The van der Waals surface area contributed by atoms with E-state index in [0.717, 1.165) is 22.6 Å². The van der Waals surface area contributed by atoms with Crippen molar-refractivity contribution in [1.82, 2.24) is 0 Å². The second-order valence-electron chi connectivity index (χ2n) is 2.56.